The zero-order valence-electron chi connectivity index (χ0n) is 20.2. The Bertz CT molecular complexity index is 1090. The van der Waals surface area contributed by atoms with Gasteiger partial charge in [0.15, 0.2) is 0 Å². The summed E-state index contributed by atoms with van der Waals surface area (Å²) in [5.41, 5.74) is 4.03. The van der Waals surface area contributed by atoms with Crippen LogP contribution >= 0.6 is 0 Å². The molecule has 0 radical (unpaired) electrons. The molecule has 3 heterocycles. The van der Waals surface area contributed by atoms with Crippen molar-refractivity contribution in [3.05, 3.63) is 41.0 Å². The van der Waals surface area contributed by atoms with Crippen LogP contribution in [0.1, 0.15) is 80.8 Å². The minimum atomic E-state index is -0.735. The van der Waals surface area contributed by atoms with E-state index in [-0.39, 0.29) is 24.8 Å². The Morgan fingerprint density at radius 2 is 2.03 bits per heavy atom. The van der Waals surface area contributed by atoms with Gasteiger partial charge in [0.25, 0.3) is 0 Å². The molecule has 5 rings (SSSR count). The van der Waals surface area contributed by atoms with Crippen molar-refractivity contribution in [2.75, 3.05) is 6.54 Å². The highest BCUT2D eigenvalue weighted by Crippen LogP contribution is 2.40. The van der Waals surface area contributed by atoms with E-state index in [9.17, 15) is 14.7 Å². The van der Waals surface area contributed by atoms with Crippen LogP contribution in [0.25, 0.3) is 0 Å². The quantitative estimate of drug-likeness (QED) is 0.672. The third-order valence-electron chi connectivity index (χ3n) is 7.27. The molecule has 0 aromatic carbocycles. The molecule has 2 aliphatic carbocycles. The van der Waals surface area contributed by atoms with Crippen molar-refractivity contribution in [3.63, 3.8) is 0 Å². The SMILES string of the molecule is CC(C)(C)[C@@H](C(=O)N1C[C@H](O)C[C@H]1C(=O)NCc1cncc2c1CCC2)n1cc(C2CC2)nn1. The summed E-state index contributed by atoms with van der Waals surface area (Å²) < 4.78 is 1.65. The Hall–Kier alpha value is -2.81. The van der Waals surface area contributed by atoms with Crippen LogP contribution < -0.4 is 5.32 Å². The van der Waals surface area contributed by atoms with E-state index in [1.54, 1.807) is 4.68 Å². The number of pyridine rings is 1. The lowest BCUT2D eigenvalue weighted by Gasteiger charge is -2.34. The number of amides is 2. The second-order valence-electron chi connectivity index (χ2n) is 11.1. The average Bonchev–Trinajstić information content (AvgIpc) is 3.17. The summed E-state index contributed by atoms with van der Waals surface area (Å²) in [7, 11) is 0. The van der Waals surface area contributed by atoms with Crippen molar-refractivity contribution < 1.29 is 14.7 Å². The van der Waals surface area contributed by atoms with Gasteiger partial charge < -0.3 is 15.3 Å². The summed E-state index contributed by atoms with van der Waals surface area (Å²) in [6, 6.07) is -1.34. The van der Waals surface area contributed by atoms with Crippen molar-refractivity contribution >= 4 is 11.8 Å². The number of fused-ring (bicyclic) bond motifs is 1. The van der Waals surface area contributed by atoms with Crippen LogP contribution in [0.3, 0.4) is 0 Å². The number of nitrogens with zero attached hydrogens (tertiary/aromatic N) is 5. The van der Waals surface area contributed by atoms with Crippen molar-refractivity contribution in [3.8, 4) is 0 Å². The summed E-state index contributed by atoms with van der Waals surface area (Å²) in [4.78, 5) is 32.9. The molecule has 9 heteroatoms. The van der Waals surface area contributed by atoms with Crippen LogP contribution in [-0.2, 0) is 29.0 Å². The number of hydrogen-bond donors (Lipinski definition) is 2. The normalized spacial score (nSPS) is 23.1. The van der Waals surface area contributed by atoms with Crippen molar-refractivity contribution in [1.29, 1.82) is 0 Å². The Balaban J connectivity index is 1.33. The van der Waals surface area contributed by atoms with Gasteiger partial charge in [0.05, 0.1) is 11.8 Å². The standard InChI is InChI=1S/C25H34N6O3/c1-25(2,3)22(31-14-20(28-29-31)15-7-8-15)24(34)30-13-18(32)9-21(30)23(33)27-12-17-11-26-10-16-5-4-6-19(16)17/h10-11,14-15,18,21-22,32H,4-9,12-13H2,1-3H3,(H,27,33)/t18-,21+,22-/m1/s1. The van der Waals surface area contributed by atoms with Crippen LogP contribution in [0.5, 0.6) is 0 Å². The van der Waals surface area contributed by atoms with E-state index < -0.39 is 23.6 Å². The molecule has 34 heavy (non-hydrogen) atoms. The third-order valence-corrected chi connectivity index (χ3v) is 7.27. The summed E-state index contributed by atoms with van der Waals surface area (Å²) in [6.07, 6.45) is 10.4. The van der Waals surface area contributed by atoms with Crippen molar-refractivity contribution in [2.45, 2.75) is 89.9 Å². The molecule has 1 saturated carbocycles. The molecule has 3 atom stereocenters. The minimum Gasteiger partial charge on any atom is -0.391 e. The summed E-state index contributed by atoms with van der Waals surface area (Å²) in [5, 5.41) is 22.0. The van der Waals surface area contributed by atoms with Gasteiger partial charge in [-0.15, -0.1) is 5.10 Å². The van der Waals surface area contributed by atoms with E-state index in [2.05, 4.69) is 20.6 Å². The molecular weight excluding hydrogens is 432 g/mol. The maximum Gasteiger partial charge on any atom is 0.248 e. The number of hydrogen-bond acceptors (Lipinski definition) is 6. The maximum absolute atomic E-state index is 13.8. The van der Waals surface area contributed by atoms with Gasteiger partial charge in [0.2, 0.25) is 11.8 Å². The van der Waals surface area contributed by atoms with E-state index in [0.717, 1.165) is 43.4 Å². The fourth-order valence-electron chi connectivity index (χ4n) is 5.35. The number of carbonyl (C=O) groups excluding carboxylic acids is 2. The van der Waals surface area contributed by atoms with Gasteiger partial charge >= 0.3 is 0 Å². The van der Waals surface area contributed by atoms with Crippen molar-refractivity contribution in [2.24, 2.45) is 5.41 Å². The van der Waals surface area contributed by atoms with Crippen LogP contribution in [0.2, 0.25) is 0 Å². The van der Waals surface area contributed by atoms with Gasteiger partial charge in [-0.05, 0) is 54.2 Å². The highest BCUT2D eigenvalue weighted by atomic mass is 16.3. The van der Waals surface area contributed by atoms with E-state index >= 15 is 0 Å². The number of likely N-dealkylation sites (tertiary alicyclic amines) is 1. The number of β-amino-alcohol motifs (C(OH)–C–C–N with tert-alkyl or cyclic N) is 1. The second-order valence-corrected chi connectivity index (χ2v) is 11.1. The Labute approximate surface area is 199 Å². The Kier molecular flexibility index (Phi) is 5.91. The number of aliphatic hydroxyl groups is 1. The number of aryl methyl sites for hydroxylation is 1. The average molecular weight is 467 g/mol. The van der Waals surface area contributed by atoms with Crippen LogP contribution in [0, 0.1) is 5.41 Å². The largest absolute Gasteiger partial charge is 0.391 e. The summed E-state index contributed by atoms with van der Waals surface area (Å²) in [6.45, 7) is 6.46. The molecule has 2 aromatic heterocycles. The van der Waals surface area contributed by atoms with E-state index in [4.69, 9.17) is 0 Å². The Morgan fingerprint density at radius 1 is 1.24 bits per heavy atom. The maximum atomic E-state index is 13.8. The van der Waals surface area contributed by atoms with E-state index in [0.29, 0.717) is 12.5 Å². The summed E-state index contributed by atoms with van der Waals surface area (Å²) >= 11 is 0. The van der Waals surface area contributed by atoms with E-state index in [1.165, 1.54) is 16.0 Å². The van der Waals surface area contributed by atoms with E-state index in [1.807, 2.05) is 39.4 Å². The molecule has 1 saturated heterocycles. The molecule has 0 spiro atoms. The number of carbonyl (C=O) groups is 2. The second kappa shape index (κ2) is 8.76. The predicted molar refractivity (Wildman–Crippen MR) is 125 cm³/mol. The highest BCUT2D eigenvalue weighted by molar-refractivity contribution is 5.90. The van der Waals surface area contributed by atoms with Crippen molar-refractivity contribution in [1.82, 2.24) is 30.2 Å². The fourth-order valence-corrected chi connectivity index (χ4v) is 5.35. The molecule has 2 amide bonds. The molecule has 1 aliphatic heterocycles. The predicted octanol–water partition coefficient (Wildman–Crippen LogP) is 1.90. The highest BCUT2D eigenvalue weighted by Gasteiger charge is 2.45. The molecular formula is C25H34N6O3. The molecule has 2 fully saturated rings. The van der Waals surface area contributed by atoms with Gasteiger partial charge in [0, 0.05) is 44.0 Å². The molecule has 3 aliphatic rings. The first kappa shape index (κ1) is 23.0. The first-order chi connectivity index (χ1) is 16.2. The number of nitrogens with one attached hydrogen (secondary N) is 1. The van der Waals surface area contributed by atoms with Crippen LogP contribution in [0.4, 0.5) is 0 Å². The molecule has 0 bridgehead atoms. The molecule has 9 nitrogen and oxygen atoms in total. The first-order valence-corrected chi connectivity index (χ1v) is 12.3. The summed E-state index contributed by atoms with van der Waals surface area (Å²) in [5.74, 6) is -0.0188. The topological polar surface area (TPSA) is 113 Å². The van der Waals surface area contributed by atoms with Gasteiger partial charge in [-0.1, -0.05) is 26.0 Å². The first-order valence-electron chi connectivity index (χ1n) is 12.3. The lowest BCUT2D eigenvalue weighted by Crippen LogP contribution is -2.50. The number of aromatic nitrogens is 4. The van der Waals surface area contributed by atoms with Gasteiger partial charge in [-0.25, -0.2) is 4.68 Å². The Morgan fingerprint density at radius 3 is 2.76 bits per heavy atom. The smallest absolute Gasteiger partial charge is 0.248 e. The monoisotopic (exact) mass is 466 g/mol. The molecule has 182 valence electrons. The zero-order valence-corrected chi connectivity index (χ0v) is 20.2. The fraction of sp³-hybridized carbons (Fsp3) is 0.640. The van der Waals surface area contributed by atoms with Crippen LogP contribution in [-0.4, -0.2) is 60.5 Å². The molecule has 2 aromatic rings. The number of rotatable bonds is 6. The minimum absolute atomic E-state index is 0.135. The van der Waals surface area contributed by atoms with Crippen LogP contribution in [0.15, 0.2) is 18.6 Å². The lowest BCUT2D eigenvalue weighted by molar-refractivity contribution is -0.144. The van der Waals surface area contributed by atoms with Gasteiger partial charge in [-0.2, -0.15) is 0 Å². The zero-order chi connectivity index (χ0) is 24.0. The molecule has 0 unspecified atom stereocenters. The van der Waals surface area contributed by atoms with Gasteiger partial charge in [-0.3, -0.25) is 14.6 Å². The lowest BCUT2D eigenvalue weighted by atomic mass is 9.85. The number of aliphatic hydroxyl groups excluding tert-OH is 1. The third kappa shape index (κ3) is 4.45. The van der Waals surface area contributed by atoms with Gasteiger partial charge in [0.1, 0.15) is 12.1 Å². The molecule has 2 N–H and O–H groups in total.